The molecular formula is C15H5BrF6N4O. The first kappa shape index (κ1) is 20.3. The zero-order chi connectivity index (χ0) is 20.7. The first-order valence-electron chi connectivity index (χ1n) is 6.67. The van der Waals surface area contributed by atoms with Crippen molar-refractivity contribution in [1.82, 2.24) is 4.98 Å². The molecule has 0 fully saturated rings. The van der Waals surface area contributed by atoms with E-state index in [0.29, 0.717) is 0 Å². The number of benzene rings is 1. The van der Waals surface area contributed by atoms with Gasteiger partial charge in [0, 0.05) is 10.0 Å². The molecule has 3 N–H and O–H groups in total. The first-order valence-corrected chi connectivity index (χ1v) is 7.46. The number of aromatic amines is 1. The van der Waals surface area contributed by atoms with Gasteiger partial charge in [-0.15, -0.1) is 0 Å². The van der Waals surface area contributed by atoms with Crippen molar-refractivity contribution in [2.45, 2.75) is 12.4 Å². The fourth-order valence-electron chi connectivity index (χ4n) is 2.34. The molecule has 0 radical (unpaired) electrons. The molecule has 0 saturated carbocycles. The number of H-pyrrole nitrogens is 1. The molecular weight excluding hydrogens is 446 g/mol. The largest absolute Gasteiger partial charge is 0.417 e. The van der Waals surface area contributed by atoms with Gasteiger partial charge >= 0.3 is 12.4 Å². The topological polar surface area (TPSA) is 106 Å². The number of alkyl halides is 6. The van der Waals surface area contributed by atoms with Crippen molar-refractivity contribution in [3.05, 3.63) is 49.2 Å². The van der Waals surface area contributed by atoms with Gasteiger partial charge in [-0.25, -0.2) is 0 Å². The number of aromatic nitrogens is 1. The average Bonchev–Trinajstić information content (AvgIpc) is 2.52. The second kappa shape index (κ2) is 6.63. The molecule has 0 unspecified atom stereocenters. The highest BCUT2D eigenvalue weighted by atomic mass is 79.9. The van der Waals surface area contributed by atoms with E-state index in [1.54, 1.807) is 0 Å². The molecule has 2 rings (SSSR count). The van der Waals surface area contributed by atoms with Crippen LogP contribution in [-0.2, 0) is 12.4 Å². The fraction of sp³-hybridized carbons (Fsp3) is 0.133. The predicted octanol–water partition coefficient (Wildman–Crippen LogP) is 4.17. The van der Waals surface area contributed by atoms with Crippen LogP contribution < -0.4 is 11.3 Å². The molecule has 0 saturated heterocycles. The number of hydrogen-bond acceptors (Lipinski definition) is 4. The van der Waals surface area contributed by atoms with Gasteiger partial charge < -0.3 is 10.7 Å². The number of hydrogen-bond donors (Lipinski definition) is 2. The van der Waals surface area contributed by atoms with E-state index in [1.807, 2.05) is 4.98 Å². The van der Waals surface area contributed by atoms with Crippen LogP contribution in [0.15, 0.2) is 21.4 Å². The van der Waals surface area contributed by atoms with Gasteiger partial charge in [0.1, 0.15) is 29.1 Å². The summed E-state index contributed by atoms with van der Waals surface area (Å²) >= 11 is 2.44. The summed E-state index contributed by atoms with van der Waals surface area (Å²) in [4.78, 5) is 13.8. The number of rotatable bonds is 1. The Labute approximate surface area is 154 Å². The average molecular weight is 451 g/mol. The zero-order valence-electron chi connectivity index (χ0n) is 12.7. The van der Waals surface area contributed by atoms with E-state index in [-0.39, 0.29) is 12.1 Å². The molecule has 0 bridgehead atoms. The number of nitrogens with one attached hydrogen (secondary N) is 1. The van der Waals surface area contributed by atoms with Gasteiger partial charge in [0.2, 0.25) is 0 Å². The smallest absolute Gasteiger partial charge is 0.384 e. The summed E-state index contributed by atoms with van der Waals surface area (Å²) in [6, 6.07) is 2.99. The summed E-state index contributed by atoms with van der Waals surface area (Å²) in [6.45, 7) is 0. The summed E-state index contributed by atoms with van der Waals surface area (Å²) in [5.74, 6) is -0.680. The second-order valence-corrected chi connectivity index (χ2v) is 5.94. The van der Waals surface area contributed by atoms with Gasteiger partial charge in [-0.3, -0.25) is 4.79 Å². The van der Waals surface area contributed by atoms with Gasteiger partial charge in [0.15, 0.2) is 0 Å². The van der Waals surface area contributed by atoms with Crippen LogP contribution in [-0.4, -0.2) is 4.98 Å². The van der Waals surface area contributed by atoms with Gasteiger partial charge in [-0.05, 0) is 17.7 Å². The molecule has 0 aliphatic heterocycles. The number of nitriles is 2. The van der Waals surface area contributed by atoms with E-state index < -0.39 is 61.6 Å². The first-order chi connectivity index (χ1) is 12.3. The van der Waals surface area contributed by atoms with Crippen LogP contribution in [0, 0.1) is 22.7 Å². The molecule has 2 aromatic rings. The fourth-order valence-corrected chi connectivity index (χ4v) is 2.91. The minimum Gasteiger partial charge on any atom is -0.384 e. The molecule has 0 atom stereocenters. The third-order valence-corrected chi connectivity index (χ3v) is 4.11. The molecule has 0 spiro atoms. The standard InChI is InChI=1S/C15H5BrF6N4O/c16-10-2-8(14(17,18)19)5(1-9(10)15(20,21)22)11-6(3-23)12(25)26-13(27)7(11)4-24/h1-2H,(H3,25,26,27). The number of nitrogens with zero attached hydrogens (tertiary/aromatic N) is 2. The van der Waals surface area contributed by atoms with Crippen LogP contribution in [0.5, 0.6) is 0 Å². The lowest BCUT2D eigenvalue weighted by Gasteiger charge is -2.19. The third kappa shape index (κ3) is 3.61. The van der Waals surface area contributed by atoms with E-state index in [4.69, 9.17) is 11.0 Å². The Balaban J connectivity index is 3.14. The van der Waals surface area contributed by atoms with Crippen molar-refractivity contribution in [3.8, 4) is 23.3 Å². The van der Waals surface area contributed by atoms with Crippen LogP contribution in [0.4, 0.5) is 32.2 Å². The lowest BCUT2D eigenvalue weighted by Crippen LogP contribution is -2.18. The minimum absolute atomic E-state index is 0.114. The van der Waals surface area contributed by atoms with Crippen LogP contribution >= 0.6 is 15.9 Å². The van der Waals surface area contributed by atoms with E-state index >= 15 is 0 Å². The molecule has 1 aromatic heterocycles. The maximum absolute atomic E-state index is 13.4. The number of nitrogens with two attached hydrogens (primary N) is 1. The molecule has 1 heterocycles. The van der Waals surface area contributed by atoms with Gasteiger partial charge in [0.25, 0.3) is 5.56 Å². The molecule has 27 heavy (non-hydrogen) atoms. The number of pyridine rings is 1. The molecule has 5 nitrogen and oxygen atoms in total. The van der Waals surface area contributed by atoms with Crippen molar-refractivity contribution in [1.29, 1.82) is 10.5 Å². The Morgan fingerprint density at radius 2 is 1.48 bits per heavy atom. The number of anilines is 1. The molecule has 1 aromatic carbocycles. The summed E-state index contributed by atoms with van der Waals surface area (Å²) in [7, 11) is 0. The van der Waals surface area contributed by atoms with Crippen LogP contribution in [0.1, 0.15) is 22.3 Å². The quantitative estimate of drug-likeness (QED) is 0.635. The maximum Gasteiger partial charge on any atom is 0.417 e. The van der Waals surface area contributed by atoms with Crippen molar-refractivity contribution >= 4 is 21.7 Å². The van der Waals surface area contributed by atoms with Crippen molar-refractivity contribution in [2.75, 3.05) is 5.73 Å². The Bertz CT molecular complexity index is 1070. The summed E-state index contributed by atoms with van der Waals surface area (Å²) in [5, 5.41) is 18.3. The lowest BCUT2D eigenvalue weighted by molar-refractivity contribution is -0.141. The minimum atomic E-state index is -5.15. The van der Waals surface area contributed by atoms with Gasteiger partial charge in [-0.1, -0.05) is 15.9 Å². The summed E-state index contributed by atoms with van der Waals surface area (Å²) in [5.41, 5.74) is -2.72. The highest BCUT2D eigenvalue weighted by Gasteiger charge is 2.40. The predicted molar refractivity (Wildman–Crippen MR) is 84.0 cm³/mol. The molecule has 0 amide bonds. The summed E-state index contributed by atoms with van der Waals surface area (Å²) in [6.07, 6.45) is -10.2. The van der Waals surface area contributed by atoms with E-state index in [1.165, 1.54) is 12.1 Å². The molecule has 0 aliphatic carbocycles. The Hall–Kier alpha value is -2.99. The Kier molecular flexibility index (Phi) is 4.99. The molecule has 0 aliphatic rings. The van der Waals surface area contributed by atoms with Gasteiger partial charge in [-0.2, -0.15) is 36.9 Å². The maximum atomic E-state index is 13.4. The van der Waals surface area contributed by atoms with Gasteiger partial charge in [0.05, 0.1) is 11.1 Å². The monoisotopic (exact) mass is 450 g/mol. The Morgan fingerprint density at radius 1 is 0.963 bits per heavy atom. The Morgan fingerprint density at radius 3 is 1.93 bits per heavy atom. The number of halogens is 7. The number of nitrogen functional groups attached to an aromatic ring is 1. The summed E-state index contributed by atoms with van der Waals surface area (Å²) < 4.78 is 78.9. The van der Waals surface area contributed by atoms with Crippen molar-refractivity contribution < 1.29 is 26.3 Å². The third-order valence-electron chi connectivity index (χ3n) is 3.46. The van der Waals surface area contributed by atoms with E-state index in [9.17, 15) is 36.4 Å². The molecule has 140 valence electrons. The highest BCUT2D eigenvalue weighted by Crippen LogP contribution is 2.45. The van der Waals surface area contributed by atoms with E-state index in [2.05, 4.69) is 15.9 Å². The zero-order valence-corrected chi connectivity index (χ0v) is 14.3. The van der Waals surface area contributed by atoms with Crippen molar-refractivity contribution in [3.63, 3.8) is 0 Å². The highest BCUT2D eigenvalue weighted by molar-refractivity contribution is 9.10. The lowest BCUT2D eigenvalue weighted by atomic mass is 9.91. The SMILES string of the molecule is N#Cc1c(N)[nH]c(=O)c(C#N)c1-c1cc(C(F)(F)F)c(Br)cc1C(F)(F)F. The molecule has 12 heteroatoms. The van der Waals surface area contributed by atoms with E-state index in [0.717, 1.165) is 0 Å². The normalized spacial score (nSPS) is 11.7. The van der Waals surface area contributed by atoms with Crippen molar-refractivity contribution in [2.24, 2.45) is 0 Å². The van der Waals surface area contributed by atoms with Crippen LogP contribution in [0.2, 0.25) is 0 Å². The van der Waals surface area contributed by atoms with Crippen LogP contribution in [0.25, 0.3) is 11.1 Å². The second-order valence-electron chi connectivity index (χ2n) is 5.09. The van der Waals surface area contributed by atoms with Crippen LogP contribution in [0.3, 0.4) is 0 Å².